The molecule has 0 bridgehead atoms. The van der Waals surface area contributed by atoms with Crippen molar-refractivity contribution in [2.24, 2.45) is 5.41 Å². The van der Waals surface area contributed by atoms with E-state index in [4.69, 9.17) is 19.4 Å². The van der Waals surface area contributed by atoms with Crippen LogP contribution in [0.25, 0.3) is 0 Å². The van der Waals surface area contributed by atoms with E-state index < -0.39 is 12.1 Å². The van der Waals surface area contributed by atoms with Gasteiger partial charge in [0.05, 0.1) is 6.10 Å². The van der Waals surface area contributed by atoms with Crippen LogP contribution in [0.5, 0.6) is 5.75 Å². The van der Waals surface area contributed by atoms with Gasteiger partial charge in [-0.15, -0.1) is 0 Å². The van der Waals surface area contributed by atoms with Crippen molar-refractivity contribution in [1.82, 2.24) is 9.80 Å². The van der Waals surface area contributed by atoms with Gasteiger partial charge in [0.1, 0.15) is 12.4 Å². The zero-order valence-electron chi connectivity index (χ0n) is 23.3. The molecule has 3 aliphatic heterocycles. The topological polar surface area (TPSA) is 79.3 Å². The van der Waals surface area contributed by atoms with Gasteiger partial charge in [-0.05, 0) is 81.6 Å². The Balaban J connectivity index is 0.000000493. The van der Waals surface area contributed by atoms with Crippen LogP contribution >= 0.6 is 0 Å². The molecule has 0 aliphatic carbocycles. The fourth-order valence-corrected chi connectivity index (χ4v) is 5.77. The number of halogens is 3. The molecule has 0 saturated carbocycles. The van der Waals surface area contributed by atoms with Crippen molar-refractivity contribution in [3.63, 3.8) is 0 Å². The van der Waals surface area contributed by atoms with Crippen LogP contribution in [0.2, 0.25) is 0 Å². The van der Waals surface area contributed by atoms with E-state index in [0.717, 1.165) is 69.9 Å². The predicted molar refractivity (Wildman–Crippen MR) is 148 cm³/mol. The fraction of sp³-hybridized carbons (Fsp3) is 0.548. The molecule has 7 nitrogen and oxygen atoms in total. The number of carbonyl (C=O) groups is 2. The molecule has 1 N–H and O–H groups in total. The second-order valence-corrected chi connectivity index (χ2v) is 11.1. The average molecular weight is 577 g/mol. The Morgan fingerprint density at radius 2 is 1.54 bits per heavy atom. The number of rotatable bonds is 6. The van der Waals surface area contributed by atoms with Crippen molar-refractivity contribution in [2.45, 2.75) is 63.8 Å². The van der Waals surface area contributed by atoms with Crippen LogP contribution in [0, 0.1) is 5.41 Å². The van der Waals surface area contributed by atoms with Crippen molar-refractivity contribution < 1.29 is 37.3 Å². The first kappa shape index (κ1) is 30.8. The Bertz CT molecular complexity index is 1120. The zero-order valence-corrected chi connectivity index (χ0v) is 23.3. The van der Waals surface area contributed by atoms with E-state index in [1.807, 2.05) is 30.3 Å². The number of nitrogens with zero attached hydrogens (tertiary/aromatic N) is 2. The van der Waals surface area contributed by atoms with Crippen molar-refractivity contribution >= 4 is 11.9 Å². The highest BCUT2D eigenvalue weighted by molar-refractivity contribution is 5.94. The fourth-order valence-electron chi connectivity index (χ4n) is 5.77. The molecule has 3 saturated heterocycles. The normalized spacial score (nSPS) is 21.0. The summed E-state index contributed by atoms with van der Waals surface area (Å²) in [5, 5.41) is 7.12. The summed E-state index contributed by atoms with van der Waals surface area (Å²) in [5.74, 6) is -1.57. The van der Waals surface area contributed by atoms with E-state index >= 15 is 0 Å². The molecule has 0 radical (unpaired) electrons. The summed E-state index contributed by atoms with van der Waals surface area (Å²) in [6, 6.07) is 18.2. The molecule has 5 rings (SSSR count). The molecule has 1 atom stereocenters. The number of benzene rings is 2. The second-order valence-electron chi connectivity index (χ2n) is 11.1. The Labute approximate surface area is 239 Å². The lowest BCUT2D eigenvalue weighted by atomic mass is 9.71. The molecule has 3 fully saturated rings. The smallest absolute Gasteiger partial charge is 0.490 e. The summed E-state index contributed by atoms with van der Waals surface area (Å²) in [5.41, 5.74) is 2.49. The Morgan fingerprint density at radius 1 is 0.927 bits per heavy atom. The minimum absolute atomic E-state index is 0.183. The molecule has 10 heteroatoms. The number of likely N-dealkylation sites (tertiary alicyclic amines) is 2. The molecule has 3 heterocycles. The van der Waals surface area contributed by atoms with Crippen LogP contribution < -0.4 is 4.74 Å². The van der Waals surface area contributed by atoms with Crippen LogP contribution in [0.15, 0.2) is 54.6 Å². The maximum absolute atomic E-state index is 12.8. The summed E-state index contributed by atoms with van der Waals surface area (Å²) in [7, 11) is 0. The van der Waals surface area contributed by atoms with Crippen LogP contribution in [0.3, 0.4) is 0 Å². The van der Waals surface area contributed by atoms with E-state index in [0.29, 0.717) is 12.0 Å². The molecule has 1 spiro atoms. The number of aliphatic carboxylic acids is 1. The van der Waals surface area contributed by atoms with E-state index in [9.17, 15) is 18.0 Å². The molecule has 2 aromatic rings. The van der Waals surface area contributed by atoms with Gasteiger partial charge >= 0.3 is 12.1 Å². The highest BCUT2D eigenvalue weighted by Gasteiger charge is 2.39. The Kier molecular flexibility index (Phi) is 10.7. The van der Waals surface area contributed by atoms with E-state index in [2.05, 4.69) is 34.1 Å². The van der Waals surface area contributed by atoms with Crippen LogP contribution in [0.4, 0.5) is 13.2 Å². The number of piperidine rings is 2. The van der Waals surface area contributed by atoms with Gasteiger partial charge in [0.25, 0.3) is 5.91 Å². The van der Waals surface area contributed by atoms with Gasteiger partial charge in [-0.3, -0.25) is 9.69 Å². The molecule has 2 aromatic carbocycles. The van der Waals surface area contributed by atoms with E-state index in [1.165, 1.54) is 31.2 Å². The third-order valence-corrected chi connectivity index (χ3v) is 8.36. The number of hydrogen-bond acceptors (Lipinski definition) is 5. The number of amides is 1. The second kappa shape index (κ2) is 14.2. The molecule has 41 heavy (non-hydrogen) atoms. The van der Waals surface area contributed by atoms with Gasteiger partial charge < -0.3 is 19.5 Å². The van der Waals surface area contributed by atoms with Gasteiger partial charge in [-0.1, -0.05) is 36.4 Å². The lowest BCUT2D eigenvalue weighted by Gasteiger charge is -2.47. The van der Waals surface area contributed by atoms with Crippen molar-refractivity contribution in [3.8, 4) is 5.75 Å². The first-order valence-corrected chi connectivity index (χ1v) is 14.3. The summed E-state index contributed by atoms with van der Waals surface area (Å²) in [6.07, 6.45) is 3.36. The van der Waals surface area contributed by atoms with Gasteiger partial charge in [-0.25, -0.2) is 4.79 Å². The zero-order chi connectivity index (χ0) is 29.3. The molecule has 3 aliphatic rings. The molecule has 1 unspecified atom stereocenters. The lowest BCUT2D eigenvalue weighted by Crippen LogP contribution is -2.48. The summed E-state index contributed by atoms with van der Waals surface area (Å²) in [4.78, 5) is 26.3. The molecular weight excluding hydrogens is 537 g/mol. The molecule has 0 aromatic heterocycles. The third-order valence-electron chi connectivity index (χ3n) is 8.36. The number of ether oxygens (including phenoxy) is 2. The number of carboxylic acid groups (broad SMARTS) is 1. The van der Waals surface area contributed by atoms with Gasteiger partial charge in [-0.2, -0.15) is 13.2 Å². The molecular formula is C31H39F3N2O5. The molecule has 224 valence electrons. The number of carboxylic acids is 1. The first-order chi connectivity index (χ1) is 19.7. The standard InChI is InChI=1S/C29H38N2O3.C2HF3O2/c32-28(24-8-2-1-3-9-24)31-19-15-29(16-20-31)13-17-30(18-14-29)22-25-10-4-5-12-27(25)34-23-26-11-6-7-21-33-26;3-2(4,5)1(6)7/h1-5,8-10,12,26H,6-7,11,13-23H2;(H,6,7). The first-order valence-electron chi connectivity index (χ1n) is 14.3. The predicted octanol–water partition coefficient (Wildman–Crippen LogP) is 5.79. The van der Waals surface area contributed by atoms with Crippen LogP contribution in [-0.2, 0) is 16.1 Å². The van der Waals surface area contributed by atoms with E-state index in [-0.39, 0.29) is 12.0 Å². The van der Waals surface area contributed by atoms with Crippen molar-refractivity contribution in [1.29, 1.82) is 0 Å². The van der Waals surface area contributed by atoms with Crippen LogP contribution in [0.1, 0.15) is 60.9 Å². The maximum atomic E-state index is 12.8. The number of alkyl halides is 3. The summed E-state index contributed by atoms with van der Waals surface area (Å²) >= 11 is 0. The van der Waals surface area contributed by atoms with Gasteiger partial charge in [0.2, 0.25) is 0 Å². The number of para-hydroxylation sites is 1. The quantitative estimate of drug-likeness (QED) is 0.469. The average Bonchev–Trinajstić information content (AvgIpc) is 2.99. The number of carbonyl (C=O) groups excluding carboxylic acids is 1. The van der Waals surface area contributed by atoms with Crippen LogP contribution in [-0.4, -0.2) is 78.5 Å². The summed E-state index contributed by atoms with van der Waals surface area (Å²) in [6.45, 7) is 6.46. The van der Waals surface area contributed by atoms with E-state index in [1.54, 1.807) is 0 Å². The Morgan fingerprint density at radius 3 is 2.15 bits per heavy atom. The SMILES string of the molecule is O=C(O)C(F)(F)F.O=C(c1ccccc1)N1CCC2(CCN(Cc3ccccc3OCC3CCCCO3)CC2)CC1. The largest absolute Gasteiger partial charge is 0.491 e. The summed E-state index contributed by atoms with van der Waals surface area (Å²) < 4.78 is 43.8. The third kappa shape index (κ3) is 8.94. The lowest BCUT2D eigenvalue weighted by molar-refractivity contribution is -0.192. The monoisotopic (exact) mass is 576 g/mol. The van der Waals surface area contributed by atoms with Crippen molar-refractivity contribution in [3.05, 3.63) is 65.7 Å². The molecule has 1 amide bonds. The Hall–Kier alpha value is -3.11. The highest BCUT2D eigenvalue weighted by Crippen LogP contribution is 2.42. The van der Waals surface area contributed by atoms with Gasteiger partial charge in [0.15, 0.2) is 0 Å². The van der Waals surface area contributed by atoms with Crippen molar-refractivity contribution in [2.75, 3.05) is 39.4 Å². The highest BCUT2D eigenvalue weighted by atomic mass is 19.4. The number of hydrogen-bond donors (Lipinski definition) is 1. The maximum Gasteiger partial charge on any atom is 0.490 e. The minimum Gasteiger partial charge on any atom is -0.491 e. The van der Waals surface area contributed by atoms with Gasteiger partial charge in [0, 0.05) is 37.4 Å². The minimum atomic E-state index is -5.08.